The molecule has 0 amide bonds. The van der Waals surface area contributed by atoms with Gasteiger partial charge in [-0.05, 0) is 50.6 Å². The molecule has 1 aliphatic rings. The van der Waals surface area contributed by atoms with Crippen LogP contribution in [0.5, 0.6) is 5.75 Å². The van der Waals surface area contributed by atoms with Crippen molar-refractivity contribution >= 4 is 11.6 Å². The van der Waals surface area contributed by atoms with Crippen molar-refractivity contribution in [3.05, 3.63) is 24.3 Å². The maximum Gasteiger partial charge on any atom is 0.193 e. The average Bonchev–Trinajstić information content (AvgIpc) is 2.50. The zero-order valence-electron chi connectivity index (χ0n) is 13.0. The standard InChI is InChI=1S/C16H26N4O/c1-13-5-3-4-11-20(13)12-10-18-16(17)19-14-6-8-15(21-2)9-7-14/h6-9,13H,3-5,10-12H2,1-2H3,(H3,17,18,19). The maximum absolute atomic E-state index is 5.92. The Balaban J connectivity index is 1.77. The van der Waals surface area contributed by atoms with E-state index in [2.05, 4.69) is 22.1 Å². The summed E-state index contributed by atoms with van der Waals surface area (Å²) in [6.45, 7) is 5.19. The van der Waals surface area contributed by atoms with Gasteiger partial charge in [0.15, 0.2) is 5.96 Å². The van der Waals surface area contributed by atoms with Gasteiger partial charge < -0.3 is 15.8 Å². The molecule has 1 aromatic rings. The first-order valence-corrected chi connectivity index (χ1v) is 7.64. The van der Waals surface area contributed by atoms with Crippen molar-refractivity contribution in [2.24, 2.45) is 10.7 Å². The lowest BCUT2D eigenvalue weighted by molar-refractivity contribution is 0.166. The summed E-state index contributed by atoms with van der Waals surface area (Å²) in [6, 6.07) is 8.31. The molecule has 5 heteroatoms. The molecule has 1 atom stereocenters. The van der Waals surface area contributed by atoms with Crippen LogP contribution in [0.25, 0.3) is 0 Å². The summed E-state index contributed by atoms with van der Waals surface area (Å²) < 4.78 is 5.12. The van der Waals surface area contributed by atoms with Crippen molar-refractivity contribution in [3.8, 4) is 5.75 Å². The number of aliphatic imine (C=N–C) groups is 1. The van der Waals surface area contributed by atoms with E-state index < -0.39 is 0 Å². The van der Waals surface area contributed by atoms with Crippen molar-refractivity contribution in [2.75, 3.05) is 32.1 Å². The highest BCUT2D eigenvalue weighted by atomic mass is 16.5. The summed E-state index contributed by atoms with van der Waals surface area (Å²) >= 11 is 0. The third-order valence-electron chi connectivity index (χ3n) is 3.97. The van der Waals surface area contributed by atoms with E-state index in [4.69, 9.17) is 10.5 Å². The number of nitrogens with two attached hydrogens (primary N) is 1. The summed E-state index contributed by atoms with van der Waals surface area (Å²) in [4.78, 5) is 6.89. The summed E-state index contributed by atoms with van der Waals surface area (Å²) in [5.41, 5.74) is 6.84. The van der Waals surface area contributed by atoms with Crippen LogP contribution in [0.15, 0.2) is 29.3 Å². The number of anilines is 1. The van der Waals surface area contributed by atoms with Crippen LogP contribution in [0.2, 0.25) is 0 Å². The molecule has 0 radical (unpaired) electrons. The molecule has 3 N–H and O–H groups in total. The molecule has 0 spiro atoms. The van der Waals surface area contributed by atoms with E-state index in [9.17, 15) is 0 Å². The molecule has 1 fully saturated rings. The van der Waals surface area contributed by atoms with Crippen LogP contribution in [0.3, 0.4) is 0 Å². The molecule has 1 saturated heterocycles. The fraction of sp³-hybridized carbons (Fsp3) is 0.562. The van der Waals surface area contributed by atoms with E-state index in [0.717, 1.165) is 24.5 Å². The molecule has 116 valence electrons. The number of piperidine rings is 1. The molecular formula is C16H26N4O. The molecule has 2 rings (SSSR count). The number of hydrogen-bond donors (Lipinski definition) is 2. The Kier molecular flexibility index (Phi) is 5.87. The van der Waals surface area contributed by atoms with E-state index in [-0.39, 0.29) is 0 Å². The Bertz CT molecular complexity index is 458. The summed E-state index contributed by atoms with van der Waals surface area (Å²) in [6.07, 6.45) is 3.94. The number of nitrogens with one attached hydrogen (secondary N) is 1. The molecule has 1 unspecified atom stereocenters. The van der Waals surface area contributed by atoms with E-state index in [1.165, 1.54) is 25.8 Å². The summed E-state index contributed by atoms with van der Waals surface area (Å²) in [5.74, 6) is 1.29. The molecule has 1 heterocycles. The smallest absolute Gasteiger partial charge is 0.193 e. The van der Waals surface area contributed by atoms with Gasteiger partial charge >= 0.3 is 0 Å². The van der Waals surface area contributed by atoms with Gasteiger partial charge in [0, 0.05) is 18.3 Å². The second-order valence-corrected chi connectivity index (χ2v) is 5.50. The Morgan fingerprint density at radius 2 is 2.14 bits per heavy atom. The van der Waals surface area contributed by atoms with Crippen LogP contribution >= 0.6 is 0 Å². The number of likely N-dealkylation sites (tertiary alicyclic amines) is 1. The highest BCUT2D eigenvalue weighted by molar-refractivity contribution is 5.92. The van der Waals surface area contributed by atoms with Crippen molar-refractivity contribution in [1.29, 1.82) is 0 Å². The van der Waals surface area contributed by atoms with Gasteiger partial charge in [0.25, 0.3) is 0 Å². The van der Waals surface area contributed by atoms with Gasteiger partial charge in [0.2, 0.25) is 0 Å². The number of ether oxygens (including phenoxy) is 1. The van der Waals surface area contributed by atoms with Crippen LogP contribution in [0, 0.1) is 0 Å². The fourth-order valence-corrected chi connectivity index (χ4v) is 2.65. The first kappa shape index (κ1) is 15.6. The van der Waals surface area contributed by atoms with E-state index in [1.807, 2.05) is 24.3 Å². The lowest BCUT2D eigenvalue weighted by Crippen LogP contribution is -2.39. The molecule has 0 saturated carbocycles. The minimum atomic E-state index is 0.463. The number of benzene rings is 1. The van der Waals surface area contributed by atoms with Gasteiger partial charge in [0.05, 0.1) is 13.7 Å². The lowest BCUT2D eigenvalue weighted by Gasteiger charge is -2.32. The Hall–Kier alpha value is -1.75. The highest BCUT2D eigenvalue weighted by Gasteiger charge is 2.16. The zero-order valence-corrected chi connectivity index (χ0v) is 13.0. The molecule has 5 nitrogen and oxygen atoms in total. The topological polar surface area (TPSA) is 62.9 Å². The quantitative estimate of drug-likeness (QED) is 0.645. The van der Waals surface area contributed by atoms with Gasteiger partial charge in [-0.1, -0.05) is 6.42 Å². The fourth-order valence-electron chi connectivity index (χ4n) is 2.65. The highest BCUT2D eigenvalue weighted by Crippen LogP contribution is 2.16. The number of nitrogens with zero attached hydrogens (tertiary/aromatic N) is 2. The van der Waals surface area contributed by atoms with Crippen molar-refractivity contribution in [3.63, 3.8) is 0 Å². The molecule has 0 aliphatic carbocycles. The second kappa shape index (κ2) is 7.88. The monoisotopic (exact) mass is 290 g/mol. The lowest BCUT2D eigenvalue weighted by atomic mass is 10.0. The summed E-state index contributed by atoms with van der Waals surface area (Å²) in [7, 11) is 1.65. The maximum atomic E-state index is 5.92. The molecule has 0 bridgehead atoms. The minimum absolute atomic E-state index is 0.463. The molecule has 1 aliphatic heterocycles. The van der Waals surface area contributed by atoms with Crippen LogP contribution in [0.4, 0.5) is 5.69 Å². The summed E-state index contributed by atoms with van der Waals surface area (Å²) in [5, 5.41) is 3.10. The van der Waals surface area contributed by atoms with Crippen LogP contribution in [-0.2, 0) is 0 Å². The number of hydrogen-bond acceptors (Lipinski definition) is 3. The van der Waals surface area contributed by atoms with Gasteiger partial charge in [-0.25, -0.2) is 0 Å². The van der Waals surface area contributed by atoms with Gasteiger partial charge in [-0.15, -0.1) is 0 Å². The first-order chi connectivity index (χ1) is 10.2. The minimum Gasteiger partial charge on any atom is -0.497 e. The normalized spacial score (nSPS) is 20.3. The second-order valence-electron chi connectivity index (χ2n) is 5.50. The Labute approximate surface area is 127 Å². The molecule has 1 aromatic carbocycles. The predicted octanol–water partition coefficient (Wildman–Crippen LogP) is 2.30. The van der Waals surface area contributed by atoms with Gasteiger partial charge in [-0.3, -0.25) is 9.89 Å². The third kappa shape index (κ3) is 4.93. The molecular weight excluding hydrogens is 264 g/mol. The van der Waals surface area contributed by atoms with Crippen molar-refractivity contribution in [2.45, 2.75) is 32.2 Å². The predicted molar refractivity (Wildman–Crippen MR) is 88.0 cm³/mol. The van der Waals surface area contributed by atoms with Crippen LogP contribution in [0.1, 0.15) is 26.2 Å². The van der Waals surface area contributed by atoms with Crippen molar-refractivity contribution < 1.29 is 4.74 Å². The van der Waals surface area contributed by atoms with Gasteiger partial charge in [0.1, 0.15) is 5.75 Å². The SMILES string of the molecule is COc1ccc(NC(N)=NCCN2CCCCC2C)cc1. The van der Waals surface area contributed by atoms with Crippen LogP contribution < -0.4 is 15.8 Å². The van der Waals surface area contributed by atoms with E-state index in [0.29, 0.717) is 12.0 Å². The largest absolute Gasteiger partial charge is 0.497 e. The zero-order chi connectivity index (χ0) is 15.1. The number of rotatable bonds is 5. The third-order valence-corrected chi connectivity index (χ3v) is 3.97. The Morgan fingerprint density at radius 3 is 2.81 bits per heavy atom. The van der Waals surface area contributed by atoms with E-state index in [1.54, 1.807) is 7.11 Å². The molecule has 0 aromatic heterocycles. The Morgan fingerprint density at radius 1 is 1.38 bits per heavy atom. The van der Waals surface area contributed by atoms with E-state index >= 15 is 0 Å². The first-order valence-electron chi connectivity index (χ1n) is 7.64. The molecule has 21 heavy (non-hydrogen) atoms. The number of methoxy groups -OCH3 is 1. The van der Waals surface area contributed by atoms with Crippen molar-refractivity contribution in [1.82, 2.24) is 4.90 Å². The van der Waals surface area contributed by atoms with Gasteiger partial charge in [-0.2, -0.15) is 0 Å². The number of guanidine groups is 1. The van der Waals surface area contributed by atoms with Crippen LogP contribution in [-0.4, -0.2) is 43.6 Å². The average molecular weight is 290 g/mol.